The average Bonchev–Trinajstić information content (AvgIpc) is 3.10. The van der Waals surface area contributed by atoms with Gasteiger partial charge in [-0.2, -0.15) is 0 Å². The summed E-state index contributed by atoms with van der Waals surface area (Å²) < 4.78 is 7.78. The van der Waals surface area contributed by atoms with Crippen LogP contribution in [0.5, 0.6) is 0 Å². The quantitative estimate of drug-likeness (QED) is 0.709. The fourth-order valence-electron chi connectivity index (χ4n) is 1.95. The van der Waals surface area contributed by atoms with Crippen LogP contribution in [0.2, 0.25) is 0 Å². The van der Waals surface area contributed by atoms with Gasteiger partial charge in [0, 0.05) is 12.2 Å². The van der Waals surface area contributed by atoms with Crippen molar-refractivity contribution in [3.05, 3.63) is 48.0 Å². The van der Waals surface area contributed by atoms with E-state index < -0.39 is 0 Å². The monoisotopic (exact) mass is 302 g/mol. The van der Waals surface area contributed by atoms with E-state index in [-0.39, 0.29) is 0 Å². The minimum Gasteiger partial charge on any atom is -0.464 e. The standard InChI is InChI=1S/C15H18N4OS/c1-11(2)16-9-12-6-7-13(20-12)10-21-15-18-17-14-5-3-4-8-19(14)15/h3-8,11,16H,9-10H2,1-2H3. The molecule has 0 unspecified atom stereocenters. The zero-order valence-electron chi connectivity index (χ0n) is 12.1. The Labute approximate surface area is 127 Å². The zero-order valence-corrected chi connectivity index (χ0v) is 12.9. The van der Waals surface area contributed by atoms with Crippen molar-refractivity contribution in [2.45, 2.75) is 37.3 Å². The van der Waals surface area contributed by atoms with Gasteiger partial charge in [-0.15, -0.1) is 10.2 Å². The first-order valence-electron chi connectivity index (χ1n) is 6.96. The van der Waals surface area contributed by atoms with E-state index in [1.165, 1.54) is 0 Å². The van der Waals surface area contributed by atoms with Gasteiger partial charge in [0.1, 0.15) is 11.5 Å². The van der Waals surface area contributed by atoms with Gasteiger partial charge in [-0.25, -0.2) is 0 Å². The summed E-state index contributed by atoms with van der Waals surface area (Å²) in [4.78, 5) is 0. The molecule has 0 saturated heterocycles. The predicted molar refractivity (Wildman–Crippen MR) is 83.2 cm³/mol. The third-order valence-corrected chi connectivity index (χ3v) is 3.99. The number of nitrogens with zero attached hydrogens (tertiary/aromatic N) is 3. The van der Waals surface area contributed by atoms with Crippen LogP contribution in [0.3, 0.4) is 0 Å². The van der Waals surface area contributed by atoms with Gasteiger partial charge in [0.2, 0.25) is 0 Å². The van der Waals surface area contributed by atoms with Crippen LogP contribution >= 0.6 is 11.8 Å². The summed E-state index contributed by atoms with van der Waals surface area (Å²) in [7, 11) is 0. The highest BCUT2D eigenvalue weighted by molar-refractivity contribution is 7.98. The lowest BCUT2D eigenvalue weighted by Crippen LogP contribution is -2.21. The highest BCUT2D eigenvalue weighted by Gasteiger charge is 2.08. The fraction of sp³-hybridized carbons (Fsp3) is 0.333. The molecule has 0 spiro atoms. The van der Waals surface area contributed by atoms with Gasteiger partial charge in [-0.1, -0.05) is 31.7 Å². The molecule has 0 fully saturated rings. The van der Waals surface area contributed by atoms with E-state index in [1.54, 1.807) is 11.8 Å². The Bertz CT molecular complexity index is 719. The van der Waals surface area contributed by atoms with Crippen LogP contribution in [0, 0.1) is 0 Å². The molecule has 0 amide bonds. The number of hydrogen-bond acceptors (Lipinski definition) is 5. The van der Waals surface area contributed by atoms with Crippen molar-refractivity contribution in [1.82, 2.24) is 19.9 Å². The fourth-order valence-corrected chi connectivity index (χ4v) is 2.77. The van der Waals surface area contributed by atoms with Crippen molar-refractivity contribution in [1.29, 1.82) is 0 Å². The minimum atomic E-state index is 0.454. The van der Waals surface area contributed by atoms with E-state index in [9.17, 15) is 0 Å². The molecule has 0 radical (unpaired) electrons. The molecule has 0 aliphatic carbocycles. The SMILES string of the molecule is CC(C)NCc1ccc(CSc2nnc3ccccn23)o1. The molecule has 0 atom stereocenters. The van der Waals surface area contributed by atoms with Crippen LogP contribution < -0.4 is 5.32 Å². The highest BCUT2D eigenvalue weighted by atomic mass is 32.2. The third kappa shape index (κ3) is 3.46. The summed E-state index contributed by atoms with van der Waals surface area (Å²) in [6.07, 6.45) is 1.97. The van der Waals surface area contributed by atoms with Gasteiger partial charge in [0.05, 0.1) is 12.3 Å². The van der Waals surface area contributed by atoms with E-state index in [0.717, 1.165) is 34.6 Å². The van der Waals surface area contributed by atoms with Crippen LogP contribution in [0.15, 0.2) is 46.1 Å². The molecule has 3 aromatic heterocycles. The second-order valence-electron chi connectivity index (χ2n) is 5.10. The maximum Gasteiger partial charge on any atom is 0.196 e. The van der Waals surface area contributed by atoms with E-state index in [1.807, 2.05) is 40.9 Å². The number of rotatable bonds is 6. The molecule has 3 heterocycles. The molecule has 0 saturated carbocycles. The van der Waals surface area contributed by atoms with Crippen LogP contribution in [0.25, 0.3) is 5.65 Å². The molecular formula is C15H18N4OS. The summed E-state index contributed by atoms with van der Waals surface area (Å²) >= 11 is 1.62. The molecule has 5 nitrogen and oxygen atoms in total. The highest BCUT2D eigenvalue weighted by Crippen LogP contribution is 2.22. The van der Waals surface area contributed by atoms with Gasteiger partial charge in [0.25, 0.3) is 0 Å². The summed E-state index contributed by atoms with van der Waals surface area (Å²) in [5, 5.41) is 12.6. The van der Waals surface area contributed by atoms with Crippen molar-refractivity contribution >= 4 is 17.4 Å². The van der Waals surface area contributed by atoms with Crippen LogP contribution in [-0.4, -0.2) is 20.6 Å². The minimum absolute atomic E-state index is 0.454. The lowest BCUT2D eigenvalue weighted by molar-refractivity contribution is 0.445. The Morgan fingerprint density at radius 2 is 2.05 bits per heavy atom. The molecule has 0 bridgehead atoms. The number of furan rings is 1. The van der Waals surface area contributed by atoms with Crippen molar-refractivity contribution in [3.63, 3.8) is 0 Å². The number of aromatic nitrogens is 3. The normalized spacial score (nSPS) is 11.6. The van der Waals surface area contributed by atoms with Gasteiger partial charge in [0.15, 0.2) is 10.8 Å². The molecule has 3 aromatic rings. The molecule has 1 N–H and O–H groups in total. The molecule has 6 heteroatoms. The zero-order chi connectivity index (χ0) is 14.7. The predicted octanol–water partition coefficient (Wildman–Crippen LogP) is 3.11. The number of thioether (sulfide) groups is 1. The van der Waals surface area contributed by atoms with Gasteiger partial charge in [-0.05, 0) is 24.3 Å². The third-order valence-electron chi connectivity index (χ3n) is 3.03. The molecule has 110 valence electrons. The van der Waals surface area contributed by atoms with E-state index in [4.69, 9.17) is 4.42 Å². The molecule has 0 aliphatic heterocycles. The Morgan fingerprint density at radius 1 is 1.19 bits per heavy atom. The number of nitrogens with one attached hydrogen (secondary N) is 1. The second-order valence-corrected chi connectivity index (χ2v) is 6.05. The molecule has 3 rings (SSSR count). The maximum atomic E-state index is 5.80. The largest absolute Gasteiger partial charge is 0.464 e. The first kappa shape index (κ1) is 14.2. The van der Waals surface area contributed by atoms with E-state index in [0.29, 0.717) is 6.04 Å². The summed E-state index contributed by atoms with van der Waals surface area (Å²) in [5.41, 5.74) is 0.862. The molecule has 21 heavy (non-hydrogen) atoms. The van der Waals surface area contributed by atoms with Crippen molar-refractivity contribution < 1.29 is 4.42 Å². The smallest absolute Gasteiger partial charge is 0.196 e. The van der Waals surface area contributed by atoms with Gasteiger partial charge < -0.3 is 9.73 Å². The van der Waals surface area contributed by atoms with Crippen LogP contribution in [0.4, 0.5) is 0 Å². The van der Waals surface area contributed by atoms with Gasteiger partial charge >= 0.3 is 0 Å². The van der Waals surface area contributed by atoms with Gasteiger partial charge in [-0.3, -0.25) is 4.40 Å². The number of pyridine rings is 1. The average molecular weight is 302 g/mol. The Morgan fingerprint density at radius 3 is 2.90 bits per heavy atom. The van der Waals surface area contributed by atoms with Crippen molar-refractivity contribution in [2.24, 2.45) is 0 Å². The molecule has 0 aliphatic rings. The van der Waals surface area contributed by atoms with Crippen molar-refractivity contribution in [2.75, 3.05) is 0 Å². The van der Waals surface area contributed by atoms with Crippen LogP contribution in [-0.2, 0) is 12.3 Å². The number of fused-ring (bicyclic) bond motifs is 1. The topological polar surface area (TPSA) is 55.4 Å². The lowest BCUT2D eigenvalue weighted by atomic mass is 10.3. The maximum absolute atomic E-state index is 5.80. The summed E-state index contributed by atoms with van der Waals surface area (Å²) in [6.45, 7) is 5.00. The van der Waals surface area contributed by atoms with Crippen LogP contribution in [0.1, 0.15) is 25.4 Å². The Hall–Kier alpha value is -1.79. The van der Waals surface area contributed by atoms with E-state index >= 15 is 0 Å². The summed E-state index contributed by atoms with van der Waals surface area (Å²) in [6, 6.07) is 10.4. The lowest BCUT2D eigenvalue weighted by Gasteiger charge is -2.04. The first-order valence-corrected chi connectivity index (χ1v) is 7.94. The Balaban J connectivity index is 1.62. The summed E-state index contributed by atoms with van der Waals surface area (Å²) in [5.74, 6) is 2.66. The second kappa shape index (κ2) is 6.32. The van der Waals surface area contributed by atoms with Crippen molar-refractivity contribution in [3.8, 4) is 0 Å². The Kier molecular flexibility index (Phi) is 4.26. The first-order chi connectivity index (χ1) is 10.2. The molecule has 0 aromatic carbocycles. The molecular weight excluding hydrogens is 284 g/mol. The number of hydrogen-bond donors (Lipinski definition) is 1. The van der Waals surface area contributed by atoms with E-state index in [2.05, 4.69) is 29.4 Å².